The van der Waals surface area contributed by atoms with Crippen molar-refractivity contribution in [1.82, 2.24) is 25.4 Å². The zero-order valence-electron chi connectivity index (χ0n) is 15.8. The Morgan fingerprint density at radius 3 is 2.73 bits per heavy atom. The average Bonchev–Trinajstić information content (AvgIpc) is 3.40. The van der Waals surface area contributed by atoms with E-state index in [-0.39, 0.29) is 17.5 Å². The minimum absolute atomic E-state index is 0.0630. The van der Waals surface area contributed by atoms with Crippen molar-refractivity contribution in [3.8, 4) is 11.4 Å². The molecule has 3 unspecified atom stereocenters. The van der Waals surface area contributed by atoms with Crippen molar-refractivity contribution < 1.29 is 23.9 Å². The molecule has 9 nitrogen and oxygen atoms in total. The summed E-state index contributed by atoms with van der Waals surface area (Å²) in [5.41, 5.74) is 1.69. The number of aromatic nitrogens is 4. The van der Waals surface area contributed by atoms with Crippen LogP contribution in [0.1, 0.15) is 30.8 Å². The van der Waals surface area contributed by atoms with Crippen LogP contribution in [0, 0.1) is 5.82 Å². The summed E-state index contributed by atoms with van der Waals surface area (Å²) in [7, 11) is 0. The van der Waals surface area contributed by atoms with E-state index in [1.807, 2.05) is 0 Å². The van der Waals surface area contributed by atoms with E-state index in [2.05, 4.69) is 25.4 Å². The Labute approximate surface area is 169 Å². The smallest absolute Gasteiger partial charge is 0.252 e. The van der Waals surface area contributed by atoms with Gasteiger partial charge in [-0.05, 0) is 31.2 Å². The number of carbonyl (C=O) groups excluding carboxylic acids is 1. The van der Waals surface area contributed by atoms with E-state index in [4.69, 9.17) is 4.52 Å². The van der Waals surface area contributed by atoms with Crippen LogP contribution in [0.3, 0.4) is 0 Å². The monoisotopic (exact) mass is 411 g/mol. The van der Waals surface area contributed by atoms with Crippen LogP contribution in [-0.2, 0) is 4.79 Å². The van der Waals surface area contributed by atoms with Gasteiger partial charge in [-0.1, -0.05) is 29.4 Å². The molecule has 4 rings (SSSR count). The summed E-state index contributed by atoms with van der Waals surface area (Å²) in [5.74, 6) is -0.997. The summed E-state index contributed by atoms with van der Waals surface area (Å²) in [5, 5.41) is 26.8. The van der Waals surface area contributed by atoms with E-state index in [1.54, 1.807) is 37.3 Å². The SMILES string of the molecule is CC(NC(=O)C(O)C(O)c1nc2ccccc2[nH]1)c1nc(-c2cccc(F)c2)no1. The number of carbonyl (C=O) groups is 1. The molecule has 30 heavy (non-hydrogen) atoms. The molecule has 0 fully saturated rings. The van der Waals surface area contributed by atoms with Crippen molar-refractivity contribution in [2.45, 2.75) is 25.2 Å². The van der Waals surface area contributed by atoms with Crippen LogP contribution in [0.4, 0.5) is 4.39 Å². The van der Waals surface area contributed by atoms with E-state index in [0.29, 0.717) is 16.6 Å². The Hall–Kier alpha value is -3.63. The Morgan fingerprint density at radius 1 is 1.17 bits per heavy atom. The number of aliphatic hydroxyl groups is 2. The molecule has 0 aliphatic rings. The molecule has 0 bridgehead atoms. The van der Waals surface area contributed by atoms with E-state index in [9.17, 15) is 19.4 Å². The lowest BCUT2D eigenvalue weighted by atomic mass is 10.1. The summed E-state index contributed by atoms with van der Waals surface area (Å²) in [4.78, 5) is 23.6. The molecule has 1 amide bonds. The summed E-state index contributed by atoms with van der Waals surface area (Å²) < 4.78 is 18.5. The molecule has 0 saturated heterocycles. The summed E-state index contributed by atoms with van der Waals surface area (Å²) in [6, 6.07) is 12.0. The molecule has 2 aromatic carbocycles. The summed E-state index contributed by atoms with van der Waals surface area (Å²) in [6.07, 6.45) is -3.34. The van der Waals surface area contributed by atoms with Crippen molar-refractivity contribution in [3.05, 3.63) is 66.1 Å². The van der Waals surface area contributed by atoms with Gasteiger partial charge in [-0.3, -0.25) is 4.79 Å². The van der Waals surface area contributed by atoms with Crippen LogP contribution in [0.2, 0.25) is 0 Å². The molecule has 0 saturated carbocycles. The fourth-order valence-electron chi connectivity index (χ4n) is 2.92. The molecular formula is C20H18FN5O4. The largest absolute Gasteiger partial charge is 0.382 e. The normalized spacial score (nSPS) is 14.4. The number of aromatic amines is 1. The predicted octanol–water partition coefficient (Wildman–Crippen LogP) is 2.02. The van der Waals surface area contributed by atoms with Gasteiger partial charge in [0.2, 0.25) is 11.7 Å². The number of nitrogens with one attached hydrogen (secondary N) is 2. The van der Waals surface area contributed by atoms with Crippen molar-refractivity contribution in [2.24, 2.45) is 0 Å². The Kier molecular flexibility index (Phi) is 5.25. The Balaban J connectivity index is 1.44. The number of hydrogen-bond acceptors (Lipinski definition) is 7. The second-order valence-electron chi connectivity index (χ2n) is 6.73. The molecule has 0 radical (unpaired) electrons. The van der Waals surface area contributed by atoms with Gasteiger partial charge in [0.25, 0.3) is 5.91 Å². The first-order chi connectivity index (χ1) is 14.4. The highest BCUT2D eigenvalue weighted by molar-refractivity contribution is 5.82. The molecule has 4 N–H and O–H groups in total. The standard InChI is InChI=1S/C20H18FN5O4/c1-10(20-25-17(26-30-20)11-5-4-6-12(21)9-11)22-19(29)16(28)15(27)18-23-13-7-2-3-8-14(13)24-18/h2-10,15-16,27-28H,1H3,(H,22,29)(H,23,24). The summed E-state index contributed by atoms with van der Waals surface area (Å²) in [6.45, 7) is 1.57. The maximum Gasteiger partial charge on any atom is 0.252 e. The molecule has 10 heteroatoms. The second-order valence-corrected chi connectivity index (χ2v) is 6.73. The first kappa shape index (κ1) is 19.7. The van der Waals surface area contributed by atoms with Crippen LogP contribution in [0.15, 0.2) is 53.1 Å². The minimum Gasteiger partial charge on any atom is -0.382 e. The van der Waals surface area contributed by atoms with Gasteiger partial charge in [-0.25, -0.2) is 9.37 Å². The minimum atomic E-state index is -1.78. The molecule has 0 spiro atoms. The van der Waals surface area contributed by atoms with Gasteiger partial charge >= 0.3 is 0 Å². The highest BCUT2D eigenvalue weighted by Crippen LogP contribution is 2.21. The Bertz CT molecular complexity index is 1160. The van der Waals surface area contributed by atoms with Crippen molar-refractivity contribution in [1.29, 1.82) is 0 Å². The van der Waals surface area contributed by atoms with Gasteiger partial charge in [0.1, 0.15) is 23.8 Å². The lowest BCUT2D eigenvalue weighted by Gasteiger charge is -2.17. The van der Waals surface area contributed by atoms with E-state index in [1.165, 1.54) is 18.2 Å². The van der Waals surface area contributed by atoms with Gasteiger partial charge in [0.15, 0.2) is 6.10 Å². The number of nitrogens with zero attached hydrogens (tertiary/aromatic N) is 3. The van der Waals surface area contributed by atoms with Gasteiger partial charge in [0, 0.05) is 5.56 Å². The fourth-order valence-corrected chi connectivity index (χ4v) is 2.92. The highest BCUT2D eigenvalue weighted by Gasteiger charge is 2.30. The van der Waals surface area contributed by atoms with Gasteiger partial charge < -0.3 is 25.0 Å². The van der Waals surface area contributed by atoms with Crippen LogP contribution in [0.5, 0.6) is 0 Å². The molecule has 4 aromatic rings. The first-order valence-electron chi connectivity index (χ1n) is 9.13. The quantitative estimate of drug-likeness (QED) is 0.381. The predicted molar refractivity (Wildman–Crippen MR) is 103 cm³/mol. The van der Waals surface area contributed by atoms with E-state index < -0.39 is 30.0 Å². The molecule has 2 heterocycles. The topological polar surface area (TPSA) is 137 Å². The molecule has 2 aromatic heterocycles. The third-order valence-electron chi connectivity index (χ3n) is 4.51. The lowest BCUT2D eigenvalue weighted by molar-refractivity contribution is -0.136. The number of benzene rings is 2. The zero-order chi connectivity index (χ0) is 21.3. The van der Waals surface area contributed by atoms with Crippen LogP contribution in [0.25, 0.3) is 22.4 Å². The molecule has 154 valence electrons. The number of halogens is 1. The summed E-state index contributed by atoms with van der Waals surface area (Å²) >= 11 is 0. The van der Waals surface area contributed by atoms with Crippen LogP contribution >= 0.6 is 0 Å². The van der Waals surface area contributed by atoms with Crippen LogP contribution < -0.4 is 5.32 Å². The molecule has 0 aliphatic heterocycles. The molecule has 3 atom stereocenters. The van der Waals surface area contributed by atoms with Crippen LogP contribution in [-0.4, -0.2) is 42.3 Å². The first-order valence-corrected chi connectivity index (χ1v) is 9.13. The zero-order valence-corrected chi connectivity index (χ0v) is 15.8. The highest BCUT2D eigenvalue weighted by atomic mass is 19.1. The van der Waals surface area contributed by atoms with Gasteiger partial charge in [0.05, 0.1) is 11.0 Å². The van der Waals surface area contributed by atoms with Gasteiger partial charge in [-0.2, -0.15) is 4.98 Å². The van der Waals surface area contributed by atoms with E-state index >= 15 is 0 Å². The number of aliphatic hydroxyl groups excluding tert-OH is 2. The van der Waals surface area contributed by atoms with Crippen molar-refractivity contribution >= 4 is 16.9 Å². The third kappa shape index (κ3) is 3.91. The van der Waals surface area contributed by atoms with Crippen molar-refractivity contribution in [3.63, 3.8) is 0 Å². The number of hydrogen-bond donors (Lipinski definition) is 4. The third-order valence-corrected chi connectivity index (χ3v) is 4.51. The number of imidazole rings is 1. The maximum absolute atomic E-state index is 13.4. The number of para-hydroxylation sites is 2. The van der Waals surface area contributed by atoms with Crippen molar-refractivity contribution in [2.75, 3.05) is 0 Å². The average molecular weight is 411 g/mol. The Morgan fingerprint density at radius 2 is 1.97 bits per heavy atom. The van der Waals surface area contributed by atoms with Gasteiger partial charge in [-0.15, -0.1) is 0 Å². The maximum atomic E-state index is 13.4. The molecule has 0 aliphatic carbocycles. The number of amides is 1. The lowest BCUT2D eigenvalue weighted by Crippen LogP contribution is -2.40. The number of fused-ring (bicyclic) bond motifs is 1. The second kappa shape index (κ2) is 8.01. The number of H-pyrrole nitrogens is 1. The number of rotatable bonds is 6. The van der Waals surface area contributed by atoms with E-state index in [0.717, 1.165) is 0 Å². The fraction of sp³-hybridized carbons (Fsp3) is 0.200. The molecular weight excluding hydrogens is 393 g/mol.